The number of unbranched alkanes of at least 4 members (excludes halogenated alkanes) is 2. The predicted octanol–water partition coefficient (Wildman–Crippen LogP) is 5.36. The van der Waals surface area contributed by atoms with Crippen molar-refractivity contribution in [2.24, 2.45) is 0 Å². The highest BCUT2D eigenvalue weighted by molar-refractivity contribution is 5.49. The van der Waals surface area contributed by atoms with Crippen LogP contribution in [0.2, 0.25) is 0 Å². The average Bonchev–Trinajstić information content (AvgIpc) is 2.73. The molecule has 0 aromatic heterocycles. The molecule has 0 N–H and O–H groups in total. The minimum Gasteiger partial charge on any atom is -0.361 e. The molecular weight excluding hydrogens is 320 g/mol. The summed E-state index contributed by atoms with van der Waals surface area (Å²) in [5.41, 5.74) is 2.65. The van der Waals surface area contributed by atoms with Crippen molar-refractivity contribution in [2.75, 3.05) is 6.61 Å². The zero-order valence-corrected chi connectivity index (χ0v) is 14.9. The van der Waals surface area contributed by atoms with Gasteiger partial charge in [-0.25, -0.2) is 0 Å². The van der Waals surface area contributed by atoms with Gasteiger partial charge >= 0.3 is 0 Å². The maximum absolute atomic E-state index is 10.6. The average molecular weight is 344 g/mol. The van der Waals surface area contributed by atoms with Gasteiger partial charge in [-0.3, -0.25) is 0 Å². The lowest BCUT2D eigenvalue weighted by atomic mass is 9.80. The smallest absolute Gasteiger partial charge is 0.143 e. The van der Waals surface area contributed by atoms with E-state index in [1.165, 1.54) is 0 Å². The van der Waals surface area contributed by atoms with Gasteiger partial charge in [0.25, 0.3) is 0 Å². The summed E-state index contributed by atoms with van der Waals surface area (Å²) in [5, 5.41) is 0. The van der Waals surface area contributed by atoms with Crippen molar-refractivity contribution in [3.8, 4) is 0 Å². The highest BCUT2D eigenvalue weighted by Crippen LogP contribution is 2.40. The Hall–Kier alpha value is -2.71. The van der Waals surface area contributed by atoms with Gasteiger partial charge in [0.05, 0.1) is 0 Å². The topological polar surface area (TPSA) is 26.3 Å². The number of ether oxygens (including phenoxy) is 1. The van der Waals surface area contributed by atoms with Gasteiger partial charge in [0.15, 0.2) is 0 Å². The van der Waals surface area contributed by atoms with E-state index < -0.39 is 5.60 Å². The van der Waals surface area contributed by atoms with E-state index in [4.69, 9.17) is 4.74 Å². The predicted molar refractivity (Wildman–Crippen MR) is 105 cm³/mol. The van der Waals surface area contributed by atoms with E-state index in [2.05, 4.69) is 36.4 Å². The van der Waals surface area contributed by atoms with Crippen LogP contribution >= 0.6 is 0 Å². The SMILES string of the molecule is O=CCCCCOC(c1ccccc1)(c1ccccc1)c1ccccc1. The molecule has 132 valence electrons. The number of rotatable bonds is 9. The summed E-state index contributed by atoms with van der Waals surface area (Å²) in [6, 6.07) is 31.0. The summed E-state index contributed by atoms with van der Waals surface area (Å²) in [4.78, 5) is 10.6. The molecule has 0 unspecified atom stereocenters. The Balaban J connectivity index is 2.07. The van der Waals surface area contributed by atoms with E-state index in [0.29, 0.717) is 13.0 Å². The third-order valence-corrected chi connectivity index (χ3v) is 4.58. The normalized spacial score (nSPS) is 11.2. The van der Waals surface area contributed by atoms with Gasteiger partial charge in [-0.1, -0.05) is 91.0 Å². The second kappa shape index (κ2) is 9.12. The molecule has 3 rings (SSSR count). The van der Waals surface area contributed by atoms with Crippen molar-refractivity contribution >= 4 is 6.29 Å². The quantitative estimate of drug-likeness (QED) is 0.296. The number of carbonyl (C=O) groups excluding carboxylic acids is 1. The van der Waals surface area contributed by atoms with E-state index in [1.54, 1.807) is 0 Å². The second-order valence-electron chi connectivity index (χ2n) is 6.29. The number of benzene rings is 3. The first-order valence-corrected chi connectivity index (χ1v) is 9.12. The Bertz CT molecular complexity index is 686. The molecule has 0 heterocycles. The number of aldehydes is 1. The van der Waals surface area contributed by atoms with E-state index >= 15 is 0 Å². The highest BCUT2D eigenvalue weighted by Gasteiger charge is 2.37. The van der Waals surface area contributed by atoms with Gasteiger partial charge in [0.1, 0.15) is 11.9 Å². The summed E-state index contributed by atoms with van der Waals surface area (Å²) in [5.74, 6) is 0. The minimum absolute atomic E-state index is 0.582. The molecule has 26 heavy (non-hydrogen) atoms. The van der Waals surface area contributed by atoms with Gasteiger partial charge in [-0.2, -0.15) is 0 Å². The van der Waals surface area contributed by atoms with Crippen LogP contribution in [-0.2, 0) is 15.1 Å². The van der Waals surface area contributed by atoms with Gasteiger partial charge in [0, 0.05) is 13.0 Å². The fourth-order valence-corrected chi connectivity index (χ4v) is 3.32. The van der Waals surface area contributed by atoms with Crippen LogP contribution in [0, 0.1) is 0 Å². The van der Waals surface area contributed by atoms with Crippen molar-refractivity contribution in [3.63, 3.8) is 0 Å². The summed E-state index contributed by atoms with van der Waals surface area (Å²) < 4.78 is 6.62. The van der Waals surface area contributed by atoms with E-state index in [9.17, 15) is 4.79 Å². The van der Waals surface area contributed by atoms with E-state index in [1.807, 2.05) is 54.6 Å². The van der Waals surface area contributed by atoms with Crippen molar-refractivity contribution in [1.82, 2.24) is 0 Å². The number of hydrogen-bond donors (Lipinski definition) is 0. The minimum atomic E-state index is -0.662. The zero-order valence-electron chi connectivity index (χ0n) is 14.9. The maximum Gasteiger partial charge on any atom is 0.143 e. The van der Waals surface area contributed by atoms with Crippen LogP contribution in [0.25, 0.3) is 0 Å². The molecule has 2 heteroatoms. The highest BCUT2D eigenvalue weighted by atomic mass is 16.5. The van der Waals surface area contributed by atoms with E-state index in [-0.39, 0.29) is 0 Å². The molecule has 0 saturated heterocycles. The van der Waals surface area contributed by atoms with Crippen LogP contribution in [0.5, 0.6) is 0 Å². The Kier molecular flexibility index (Phi) is 6.34. The Morgan fingerprint density at radius 1 is 0.654 bits per heavy atom. The van der Waals surface area contributed by atoms with Crippen LogP contribution in [0.15, 0.2) is 91.0 Å². The van der Waals surface area contributed by atoms with Crippen LogP contribution in [0.3, 0.4) is 0 Å². The van der Waals surface area contributed by atoms with Crippen LogP contribution in [0.1, 0.15) is 36.0 Å². The fraction of sp³-hybridized carbons (Fsp3) is 0.208. The molecule has 0 bridgehead atoms. The van der Waals surface area contributed by atoms with Crippen LogP contribution in [0.4, 0.5) is 0 Å². The first-order chi connectivity index (χ1) is 12.9. The lowest BCUT2D eigenvalue weighted by molar-refractivity contribution is -0.108. The molecule has 0 aliphatic heterocycles. The molecule has 3 aromatic rings. The van der Waals surface area contributed by atoms with Gasteiger partial charge in [-0.15, -0.1) is 0 Å². The monoisotopic (exact) mass is 344 g/mol. The van der Waals surface area contributed by atoms with Crippen molar-refractivity contribution < 1.29 is 9.53 Å². The standard InChI is InChI=1S/C24H24O2/c25-19-11-4-12-20-26-24(21-13-5-1-6-14-21,22-15-7-2-8-16-22)23-17-9-3-10-18-23/h1-3,5-10,13-19H,4,11-12,20H2. The fourth-order valence-electron chi connectivity index (χ4n) is 3.32. The first kappa shape index (κ1) is 18.1. The van der Waals surface area contributed by atoms with Crippen molar-refractivity contribution in [1.29, 1.82) is 0 Å². The molecule has 0 aliphatic carbocycles. The third kappa shape index (κ3) is 3.92. The lowest BCUT2D eigenvalue weighted by Crippen LogP contribution is -2.33. The van der Waals surface area contributed by atoms with Gasteiger partial charge in [0.2, 0.25) is 0 Å². The third-order valence-electron chi connectivity index (χ3n) is 4.58. The van der Waals surface area contributed by atoms with Crippen LogP contribution in [-0.4, -0.2) is 12.9 Å². The molecule has 0 aliphatic rings. The maximum atomic E-state index is 10.6. The molecule has 0 spiro atoms. The molecule has 0 amide bonds. The van der Waals surface area contributed by atoms with Gasteiger partial charge < -0.3 is 9.53 Å². The van der Waals surface area contributed by atoms with Crippen molar-refractivity contribution in [3.05, 3.63) is 108 Å². The molecule has 0 fully saturated rings. The summed E-state index contributed by atoms with van der Waals surface area (Å²) in [6.07, 6.45) is 3.25. The summed E-state index contributed by atoms with van der Waals surface area (Å²) in [7, 11) is 0. The second-order valence-corrected chi connectivity index (χ2v) is 6.29. The van der Waals surface area contributed by atoms with Gasteiger partial charge in [-0.05, 0) is 29.5 Å². The summed E-state index contributed by atoms with van der Waals surface area (Å²) >= 11 is 0. The Morgan fingerprint density at radius 3 is 1.46 bits per heavy atom. The molecule has 2 nitrogen and oxygen atoms in total. The Labute approximate surface area is 155 Å². The first-order valence-electron chi connectivity index (χ1n) is 9.12. The molecule has 0 radical (unpaired) electrons. The van der Waals surface area contributed by atoms with Crippen LogP contribution < -0.4 is 0 Å². The largest absolute Gasteiger partial charge is 0.361 e. The summed E-state index contributed by atoms with van der Waals surface area (Å²) in [6.45, 7) is 0.590. The Morgan fingerprint density at radius 2 is 1.08 bits per heavy atom. The zero-order chi connectivity index (χ0) is 18.1. The van der Waals surface area contributed by atoms with Crippen molar-refractivity contribution in [2.45, 2.75) is 24.9 Å². The molecule has 0 saturated carbocycles. The molecule has 0 atom stereocenters. The van der Waals surface area contributed by atoms with E-state index in [0.717, 1.165) is 35.8 Å². The molecular formula is C24H24O2. The lowest BCUT2D eigenvalue weighted by Gasteiger charge is -2.36. The molecule has 3 aromatic carbocycles. The number of hydrogen-bond acceptors (Lipinski definition) is 2. The number of carbonyl (C=O) groups is 1.